The molecular formula is C26H27ClN2O2. The Morgan fingerprint density at radius 1 is 0.871 bits per heavy atom. The van der Waals surface area contributed by atoms with Crippen molar-refractivity contribution in [3.63, 3.8) is 0 Å². The molecule has 4 nitrogen and oxygen atoms in total. The van der Waals surface area contributed by atoms with Gasteiger partial charge in [-0.25, -0.2) is 4.98 Å². The van der Waals surface area contributed by atoms with Gasteiger partial charge in [0.15, 0.2) is 0 Å². The maximum atomic E-state index is 6.28. The SMILES string of the molecule is Cc1ccc(C)c(OCc2nc3ccccc3n2CCOc2cc(C)c(Cl)c(C)c2)c1. The number of hydrogen-bond donors (Lipinski definition) is 0. The molecule has 0 aliphatic carbocycles. The standard InChI is InChI=1S/C26H27ClN2O2/c1-17-9-10-18(2)24(13-17)31-16-25-28-22-7-5-6-8-23(22)29(25)11-12-30-21-14-19(3)26(27)20(4)15-21/h5-10,13-15H,11-12,16H2,1-4H3. The van der Waals surface area contributed by atoms with E-state index < -0.39 is 0 Å². The summed E-state index contributed by atoms with van der Waals surface area (Å²) in [6.07, 6.45) is 0. The highest BCUT2D eigenvalue weighted by Crippen LogP contribution is 2.26. The first-order valence-corrected chi connectivity index (χ1v) is 10.8. The summed E-state index contributed by atoms with van der Waals surface area (Å²) in [4.78, 5) is 4.81. The molecule has 0 radical (unpaired) electrons. The predicted molar refractivity (Wildman–Crippen MR) is 126 cm³/mol. The molecular weight excluding hydrogens is 408 g/mol. The predicted octanol–water partition coefficient (Wildman–Crippen LogP) is 6.58. The van der Waals surface area contributed by atoms with Crippen molar-refractivity contribution >= 4 is 22.6 Å². The van der Waals surface area contributed by atoms with Crippen LogP contribution in [0.15, 0.2) is 54.6 Å². The summed E-state index contributed by atoms with van der Waals surface area (Å²) in [5.41, 5.74) is 6.37. The molecule has 3 aromatic carbocycles. The number of benzene rings is 3. The molecule has 0 aliphatic rings. The van der Waals surface area contributed by atoms with Crippen molar-refractivity contribution in [3.05, 3.63) is 87.7 Å². The third-order valence-corrected chi connectivity index (χ3v) is 6.02. The number of ether oxygens (including phenoxy) is 2. The minimum atomic E-state index is 0.401. The first-order valence-electron chi connectivity index (χ1n) is 10.5. The average Bonchev–Trinajstić information content (AvgIpc) is 3.10. The molecule has 0 aliphatic heterocycles. The van der Waals surface area contributed by atoms with Gasteiger partial charge in [-0.1, -0.05) is 35.9 Å². The number of aryl methyl sites for hydroxylation is 4. The van der Waals surface area contributed by atoms with E-state index in [4.69, 9.17) is 26.1 Å². The number of imidazole rings is 1. The number of nitrogens with zero attached hydrogens (tertiary/aromatic N) is 2. The number of halogens is 1. The van der Waals surface area contributed by atoms with Crippen LogP contribution in [0.1, 0.15) is 28.1 Å². The van der Waals surface area contributed by atoms with Crippen molar-refractivity contribution < 1.29 is 9.47 Å². The van der Waals surface area contributed by atoms with E-state index in [1.54, 1.807) is 0 Å². The third-order valence-electron chi connectivity index (χ3n) is 5.43. The molecule has 4 rings (SSSR count). The minimum Gasteiger partial charge on any atom is -0.492 e. The molecule has 31 heavy (non-hydrogen) atoms. The molecule has 0 bridgehead atoms. The minimum absolute atomic E-state index is 0.401. The lowest BCUT2D eigenvalue weighted by molar-refractivity contribution is 0.271. The Balaban J connectivity index is 1.53. The van der Waals surface area contributed by atoms with E-state index in [1.165, 1.54) is 5.56 Å². The van der Waals surface area contributed by atoms with E-state index in [-0.39, 0.29) is 0 Å². The molecule has 0 N–H and O–H groups in total. The lowest BCUT2D eigenvalue weighted by atomic mass is 10.1. The number of rotatable bonds is 7. The van der Waals surface area contributed by atoms with E-state index in [0.29, 0.717) is 19.8 Å². The van der Waals surface area contributed by atoms with Gasteiger partial charge in [-0.3, -0.25) is 0 Å². The van der Waals surface area contributed by atoms with Crippen LogP contribution in [-0.2, 0) is 13.2 Å². The number of para-hydroxylation sites is 2. The van der Waals surface area contributed by atoms with Crippen molar-refractivity contribution in [2.24, 2.45) is 0 Å². The quantitative estimate of drug-likeness (QED) is 0.329. The van der Waals surface area contributed by atoms with Crippen LogP contribution in [0.2, 0.25) is 5.02 Å². The maximum Gasteiger partial charge on any atom is 0.148 e. The van der Waals surface area contributed by atoms with Crippen LogP contribution in [0.4, 0.5) is 0 Å². The Labute approximate surface area is 188 Å². The molecule has 0 fully saturated rings. The molecule has 0 amide bonds. The molecule has 1 aromatic heterocycles. The fourth-order valence-electron chi connectivity index (χ4n) is 3.73. The van der Waals surface area contributed by atoms with E-state index in [2.05, 4.69) is 42.7 Å². The highest BCUT2D eigenvalue weighted by Gasteiger charge is 2.12. The van der Waals surface area contributed by atoms with Gasteiger partial charge in [0, 0.05) is 5.02 Å². The summed E-state index contributed by atoms with van der Waals surface area (Å²) < 4.78 is 14.4. The first-order chi connectivity index (χ1) is 14.9. The lowest BCUT2D eigenvalue weighted by Crippen LogP contribution is -2.13. The van der Waals surface area contributed by atoms with Gasteiger partial charge < -0.3 is 14.0 Å². The normalized spacial score (nSPS) is 11.1. The van der Waals surface area contributed by atoms with Crippen molar-refractivity contribution in [1.82, 2.24) is 9.55 Å². The largest absolute Gasteiger partial charge is 0.492 e. The average molecular weight is 435 g/mol. The smallest absolute Gasteiger partial charge is 0.148 e. The van der Waals surface area contributed by atoms with Gasteiger partial charge in [0.25, 0.3) is 0 Å². The lowest BCUT2D eigenvalue weighted by Gasteiger charge is -2.14. The summed E-state index contributed by atoms with van der Waals surface area (Å²) >= 11 is 6.28. The fourth-order valence-corrected chi connectivity index (χ4v) is 3.84. The fraction of sp³-hybridized carbons (Fsp3) is 0.269. The van der Waals surface area contributed by atoms with Gasteiger partial charge in [0.2, 0.25) is 0 Å². The van der Waals surface area contributed by atoms with E-state index >= 15 is 0 Å². The van der Waals surface area contributed by atoms with Gasteiger partial charge in [-0.15, -0.1) is 0 Å². The van der Waals surface area contributed by atoms with Crippen LogP contribution in [0.25, 0.3) is 11.0 Å². The van der Waals surface area contributed by atoms with Crippen LogP contribution in [0.3, 0.4) is 0 Å². The summed E-state index contributed by atoms with van der Waals surface area (Å²) in [6.45, 7) is 9.71. The second-order valence-electron chi connectivity index (χ2n) is 7.95. The van der Waals surface area contributed by atoms with Crippen LogP contribution < -0.4 is 9.47 Å². The summed E-state index contributed by atoms with van der Waals surface area (Å²) in [5, 5.41) is 0.791. The third kappa shape index (κ3) is 4.70. The zero-order chi connectivity index (χ0) is 22.0. The maximum absolute atomic E-state index is 6.28. The highest BCUT2D eigenvalue weighted by molar-refractivity contribution is 6.32. The Morgan fingerprint density at radius 2 is 1.61 bits per heavy atom. The molecule has 160 valence electrons. The van der Waals surface area contributed by atoms with Crippen LogP contribution >= 0.6 is 11.6 Å². The van der Waals surface area contributed by atoms with E-state index in [1.807, 2.05) is 44.2 Å². The Bertz CT molecular complexity index is 1210. The van der Waals surface area contributed by atoms with Crippen molar-refractivity contribution in [2.75, 3.05) is 6.61 Å². The van der Waals surface area contributed by atoms with Gasteiger partial charge in [0.1, 0.15) is 30.5 Å². The molecule has 0 atom stereocenters. The molecule has 0 unspecified atom stereocenters. The molecule has 0 saturated carbocycles. The van der Waals surface area contributed by atoms with Crippen LogP contribution in [-0.4, -0.2) is 16.2 Å². The second-order valence-corrected chi connectivity index (χ2v) is 8.32. The second kappa shape index (κ2) is 9.03. The van der Waals surface area contributed by atoms with Crippen molar-refractivity contribution in [3.8, 4) is 11.5 Å². The summed E-state index contributed by atoms with van der Waals surface area (Å²) in [7, 11) is 0. The molecule has 0 spiro atoms. The van der Waals surface area contributed by atoms with Gasteiger partial charge in [0.05, 0.1) is 17.6 Å². The summed E-state index contributed by atoms with van der Waals surface area (Å²) in [5.74, 6) is 2.60. The van der Waals surface area contributed by atoms with E-state index in [0.717, 1.165) is 50.1 Å². The van der Waals surface area contributed by atoms with E-state index in [9.17, 15) is 0 Å². The van der Waals surface area contributed by atoms with Crippen LogP contribution in [0, 0.1) is 27.7 Å². The number of fused-ring (bicyclic) bond motifs is 1. The van der Waals surface area contributed by atoms with Crippen molar-refractivity contribution in [1.29, 1.82) is 0 Å². The zero-order valence-corrected chi connectivity index (χ0v) is 19.2. The van der Waals surface area contributed by atoms with Gasteiger partial charge in [-0.2, -0.15) is 0 Å². The number of hydrogen-bond acceptors (Lipinski definition) is 3. The Kier molecular flexibility index (Phi) is 6.19. The molecule has 5 heteroatoms. The number of aromatic nitrogens is 2. The van der Waals surface area contributed by atoms with Crippen molar-refractivity contribution in [2.45, 2.75) is 40.8 Å². The monoisotopic (exact) mass is 434 g/mol. The molecule has 1 heterocycles. The van der Waals surface area contributed by atoms with Crippen LogP contribution in [0.5, 0.6) is 11.5 Å². The highest BCUT2D eigenvalue weighted by atomic mass is 35.5. The summed E-state index contributed by atoms with van der Waals surface area (Å²) in [6, 6.07) is 18.3. The van der Waals surface area contributed by atoms with Gasteiger partial charge >= 0.3 is 0 Å². The Morgan fingerprint density at radius 3 is 2.39 bits per heavy atom. The molecule has 4 aromatic rings. The molecule has 0 saturated heterocycles. The topological polar surface area (TPSA) is 36.3 Å². The Hall–Kier alpha value is -2.98. The van der Waals surface area contributed by atoms with Gasteiger partial charge in [-0.05, 0) is 80.3 Å². The first kappa shape index (κ1) is 21.3. The zero-order valence-electron chi connectivity index (χ0n) is 18.4.